The van der Waals surface area contributed by atoms with Gasteiger partial charge in [-0.1, -0.05) is 23.9 Å². The summed E-state index contributed by atoms with van der Waals surface area (Å²) in [5.74, 6) is 1.29. The highest BCUT2D eigenvalue weighted by atomic mass is 32.2. The number of aryl methyl sites for hydroxylation is 2. The molecule has 2 aromatic carbocycles. The zero-order valence-electron chi connectivity index (χ0n) is 17.0. The quantitative estimate of drug-likeness (QED) is 0.377. The second-order valence-corrected chi connectivity index (χ2v) is 8.08. The highest BCUT2D eigenvalue weighted by molar-refractivity contribution is 7.99. The number of nitrogens with zero attached hydrogens (tertiary/aromatic N) is 3. The Bertz CT molecular complexity index is 1000. The van der Waals surface area contributed by atoms with E-state index < -0.39 is 0 Å². The molecule has 0 atom stereocenters. The van der Waals surface area contributed by atoms with Crippen molar-refractivity contribution in [2.75, 3.05) is 5.75 Å². The van der Waals surface area contributed by atoms with Crippen molar-refractivity contribution in [3.8, 4) is 5.75 Å². The summed E-state index contributed by atoms with van der Waals surface area (Å²) in [5.41, 5.74) is 2.67. The van der Waals surface area contributed by atoms with Crippen LogP contribution in [0.3, 0.4) is 0 Å². The van der Waals surface area contributed by atoms with Gasteiger partial charge in [-0.05, 0) is 69.2 Å². The molecule has 0 saturated heterocycles. The number of carbonyl (C=O) groups excluding carboxylic acids is 1. The molecule has 1 heterocycles. The van der Waals surface area contributed by atoms with E-state index in [4.69, 9.17) is 4.74 Å². The summed E-state index contributed by atoms with van der Waals surface area (Å²) in [4.78, 5) is 12.4. The third kappa shape index (κ3) is 5.23. The number of hydrogen-bond acceptors (Lipinski definition) is 5. The average Bonchev–Trinajstić information content (AvgIpc) is 3.10. The molecule has 0 amide bonds. The SMILES string of the molecule is Cc1ccc(C)c(OCc2nnc(SCC(=O)c3ccc(F)cc3)n2C(C)C)c1. The maximum absolute atomic E-state index is 13.0. The molecule has 3 aromatic rings. The van der Waals surface area contributed by atoms with E-state index in [0.717, 1.165) is 16.9 Å². The fourth-order valence-electron chi connectivity index (χ4n) is 2.88. The maximum atomic E-state index is 13.0. The summed E-state index contributed by atoms with van der Waals surface area (Å²) in [6, 6.07) is 11.8. The number of Topliss-reactive ketones (excluding diaryl/α,β-unsaturated/α-hetero) is 1. The Labute approximate surface area is 174 Å². The van der Waals surface area contributed by atoms with Gasteiger partial charge in [0.2, 0.25) is 0 Å². The standard InChI is InChI=1S/C22H24FN3O2S/c1-14(2)26-21(12-28-20-11-15(3)5-6-16(20)4)24-25-22(26)29-13-19(27)17-7-9-18(23)10-8-17/h5-11,14H,12-13H2,1-4H3. The first-order valence-corrected chi connectivity index (χ1v) is 10.4. The van der Waals surface area contributed by atoms with Crippen LogP contribution in [0.5, 0.6) is 5.75 Å². The fraction of sp³-hybridized carbons (Fsp3) is 0.318. The Morgan fingerprint density at radius 3 is 2.55 bits per heavy atom. The third-order valence-electron chi connectivity index (χ3n) is 4.45. The van der Waals surface area contributed by atoms with Gasteiger partial charge in [0.1, 0.15) is 18.2 Å². The smallest absolute Gasteiger partial charge is 0.192 e. The van der Waals surface area contributed by atoms with Crippen molar-refractivity contribution in [3.63, 3.8) is 0 Å². The van der Waals surface area contributed by atoms with Crippen LogP contribution < -0.4 is 4.74 Å². The monoisotopic (exact) mass is 413 g/mol. The summed E-state index contributed by atoms with van der Waals surface area (Å²) in [7, 11) is 0. The highest BCUT2D eigenvalue weighted by Gasteiger charge is 2.18. The summed E-state index contributed by atoms with van der Waals surface area (Å²) in [5, 5.41) is 9.19. The molecule has 29 heavy (non-hydrogen) atoms. The zero-order valence-corrected chi connectivity index (χ0v) is 17.8. The number of benzene rings is 2. The van der Waals surface area contributed by atoms with Crippen molar-refractivity contribution >= 4 is 17.5 Å². The van der Waals surface area contributed by atoms with E-state index in [0.29, 0.717) is 23.2 Å². The number of halogens is 1. The van der Waals surface area contributed by atoms with Crippen LogP contribution in [-0.4, -0.2) is 26.3 Å². The third-order valence-corrected chi connectivity index (χ3v) is 5.39. The molecule has 0 bridgehead atoms. The van der Waals surface area contributed by atoms with Crippen molar-refractivity contribution in [1.29, 1.82) is 0 Å². The fourth-order valence-corrected chi connectivity index (χ4v) is 3.86. The zero-order chi connectivity index (χ0) is 21.0. The molecule has 0 aliphatic carbocycles. The van der Waals surface area contributed by atoms with Gasteiger partial charge >= 0.3 is 0 Å². The molecule has 0 saturated carbocycles. The molecule has 0 spiro atoms. The second-order valence-electron chi connectivity index (χ2n) is 7.14. The predicted octanol–water partition coefficient (Wildman–Crippen LogP) is 5.17. The van der Waals surface area contributed by atoms with E-state index in [1.807, 2.05) is 50.5 Å². The van der Waals surface area contributed by atoms with Gasteiger partial charge in [-0.3, -0.25) is 4.79 Å². The normalized spacial score (nSPS) is 11.1. The predicted molar refractivity (Wildman–Crippen MR) is 112 cm³/mol. The molecule has 0 aliphatic heterocycles. The van der Waals surface area contributed by atoms with Crippen molar-refractivity contribution in [1.82, 2.24) is 14.8 Å². The summed E-state index contributed by atoms with van der Waals surface area (Å²) in [6.45, 7) is 8.40. The minimum absolute atomic E-state index is 0.0820. The minimum Gasteiger partial charge on any atom is -0.485 e. The van der Waals surface area contributed by atoms with Crippen LogP contribution in [-0.2, 0) is 6.61 Å². The van der Waals surface area contributed by atoms with E-state index in [-0.39, 0.29) is 23.4 Å². The number of thioether (sulfide) groups is 1. The van der Waals surface area contributed by atoms with Crippen LogP contribution in [0.15, 0.2) is 47.6 Å². The Morgan fingerprint density at radius 1 is 1.14 bits per heavy atom. The van der Waals surface area contributed by atoms with E-state index >= 15 is 0 Å². The Kier molecular flexibility index (Phi) is 6.69. The molecule has 152 valence electrons. The molecule has 0 aliphatic rings. The molecule has 0 unspecified atom stereocenters. The number of rotatable bonds is 8. The molecule has 0 radical (unpaired) electrons. The van der Waals surface area contributed by atoms with Crippen LogP contribution in [0.4, 0.5) is 4.39 Å². The van der Waals surface area contributed by atoms with E-state index in [2.05, 4.69) is 10.2 Å². The molecular formula is C22H24FN3O2S. The Hall–Kier alpha value is -2.67. The van der Waals surface area contributed by atoms with Crippen LogP contribution in [0.1, 0.15) is 47.2 Å². The lowest BCUT2D eigenvalue weighted by Gasteiger charge is -2.15. The van der Waals surface area contributed by atoms with Crippen molar-refractivity contribution in [2.24, 2.45) is 0 Å². The Balaban J connectivity index is 1.70. The van der Waals surface area contributed by atoms with Crippen molar-refractivity contribution in [2.45, 2.75) is 45.5 Å². The van der Waals surface area contributed by atoms with Gasteiger partial charge in [-0.2, -0.15) is 0 Å². The van der Waals surface area contributed by atoms with Gasteiger partial charge in [-0.15, -0.1) is 10.2 Å². The van der Waals surface area contributed by atoms with Crippen LogP contribution in [0.25, 0.3) is 0 Å². The second kappa shape index (κ2) is 9.22. The molecule has 0 N–H and O–H groups in total. The van der Waals surface area contributed by atoms with E-state index in [9.17, 15) is 9.18 Å². The lowest BCUT2D eigenvalue weighted by atomic mass is 10.1. The summed E-state index contributed by atoms with van der Waals surface area (Å²) in [6.07, 6.45) is 0. The summed E-state index contributed by atoms with van der Waals surface area (Å²) < 4.78 is 21.0. The number of ketones is 1. The molecule has 5 nitrogen and oxygen atoms in total. The molecule has 1 aromatic heterocycles. The summed E-state index contributed by atoms with van der Waals surface area (Å²) >= 11 is 1.32. The van der Waals surface area contributed by atoms with Crippen molar-refractivity contribution < 1.29 is 13.9 Å². The van der Waals surface area contributed by atoms with Gasteiger partial charge in [0.15, 0.2) is 16.8 Å². The number of aromatic nitrogens is 3. The van der Waals surface area contributed by atoms with Gasteiger partial charge in [0.25, 0.3) is 0 Å². The van der Waals surface area contributed by atoms with Gasteiger partial charge in [0, 0.05) is 11.6 Å². The average molecular weight is 414 g/mol. The first-order chi connectivity index (χ1) is 13.8. The maximum Gasteiger partial charge on any atom is 0.192 e. The lowest BCUT2D eigenvalue weighted by Crippen LogP contribution is -2.11. The van der Waals surface area contributed by atoms with E-state index in [1.165, 1.54) is 36.0 Å². The first kappa shape index (κ1) is 21.0. The van der Waals surface area contributed by atoms with Crippen LogP contribution in [0, 0.1) is 19.7 Å². The number of carbonyl (C=O) groups is 1. The van der Waals surface area contributed by atoms with Crippen LogP contribution >= 0.6 is 11.8 Å². The van der Waals surface area contributed by atoms with E-state index in [1.54, 1.807) is 0 Å². The minimum atomic E-state index is -0.359. The first-order valence-electron chi connectivity index (χ1n) is 9.40. The highest BCUT2D eigenvalue weighted by Crippen LogP contribution is 2.25. The lowest BCUT2D eigenvalue weighted by molar-refractivity contribution is 0.102. The Morgan fingerprint density at radius 2 is 1.86 bits per heavy atom. The van der Waals surface area contributed by atoms with Gasteiger partial charge in [-0.25, -0.2) is 4.39 Å². The largest absolute Gasteiger partial charge is 0.485 e. The number of hydrogen-bond donors (Lipinski definition) is 0. The van der Waals surface area contributed by atoms with Gasteiger partial charge in [0.05, 0.1) is 5.75 Å². The topological polar surface area (TPSA) is 57.0 Å². The molecule has 0 fully saturated rings. The molecule has 3 rings (SSSR count). The van der Waals surface area contributed by atoms with Crippen molar-refractivity contribution in [3.05, 3.63) is 70.8 Å². The molecule has 7 heteroatoms. The van der Waals surface area contributed by atoms with Gasteiger partial charge < -0.3 is 9.30 Å². The van der Waals surface area contributed by atoms with Crippen LogP contribution in [0.2, 0.25) is 0 Å². The molecular weight excluding hydrogens is 389 g/mol. The number of ether oxygens (including phenoxy) is 1.